The van der Waals surface area contributed by atoms with E-state index in [0.29, 0.717) is 28.4 Å². The number of nitrogens with two attached hydrogens (primary N) is 1. The van der Waals surface area contributed by atoms with Crippen LogP contribution in [0.2, 0.25) is 0 Å². The number of nitrogens with zero attached hydrogens (tertiary/aromatic N) is 6. The first kappa shape index (κ1) is 18.7. The van der Waals surface area contributed by atoms with E-state index in [0.717, 1.165) is 37.4 Å². The summed E-state index contributed by atoms with van der Waals surface area (Å²) in [7, 11) is 2.07. The van der Waals surface area contributed by atoms with Gasteiger partial charge in [0, 0.05) is 42.7 Å². The number of hydrogen-bond acceptors (Lipinski definition) is 7. The lowest BCUT2D eigenvalue weighted by Crippen LogP contribution is -2.47. The van der Waals surface area contributed by atoms with Crippen molar-refractivity contribution in [3.63, 3.8) is 0 Å². The molecule has 30 heavy (non-hydrogen) atoms. The van der Waals surface area contributed by atoms with E-state index >= 15 is 0 Å². The van der Waals surface area contributed by atoms with Gasteiger partial charge in [0.15, 0.2) is 22.8 Å². The zero-order chi connectivity index (χ0) is 20.7. The Morgan fingerprint density at radius 3 is 2.53 bits per heavy atom. The van der Waals surface area contributed by atoms with Crippen LogP contribution in [0.3, 0.4) is 0 Å². The van der Waals surface area contributed by atoms with Crippen LogP contribution in [0.25, 0.3) is 28.2 Å². The van der Waals surface area contributed by atoms with Gasteiger partial charge in [0.2, 0.25) is 0 Å². The maximum absolute atomic E-state index is 12.8. The first-order chi connectivity index (χ1) is 14.6. The van der Waals surface area contributed by atoms with Crippen molar-refractivity contribution in [2.24, 2.45) is 0 Å². The fourth-order valence-electron chi connectivity index (χ4n) is 3.59. The third kappa shape index (κ3) is 3.31. The summed E-state index contributed by atoms with van der Waals surface area (Å²) in [6.07, 6.45) is 1.71. The number of benzene rings is 1. The normalized spacial score (nSPS) is 15.0. The van der Waals surface area contributed by atoms with Crippen LogP contribution in [-0.4, -0.2) is 68.5 Å². The fraction of sp³-hybridized carbons (Fsp3) is 0.238. The summed E-state index contributed by atoms with van der Waals surface area (Å²) in [6, 6.07) is 9.40. The molecule has 0 radical (unpaired) electrons. The molecule has 4 heterocycles. The van der Waals surface area contributed by atoms with E-state index in [-0.39, 0.29) is 5.91 Å². The standard InChI is InChI=1S/C21H21N7OS/c1-26-7-9-27(10-8-26)21(29)15-4-2-14(3-5-15)19-24-18(22)17-20(25-19)28(13-23-17)16-6-11-30-12-16/h2-6,11-13H,7-10H2,1H3,(H2,22,24,25). The number of thiophene rings is 1. The Morgan fingerprint density at radius 2 is 1.83 bits per heavy atom. The topological polar surface area (TPSA) is 93.2 Å². The molecule has 0 spiro atoms. The average molecular weight is 420 g/mol. The largest absolute Gasteiger partial charge is 0.382 e. The maximum atomic E-state index is 12.8. The van der Waals surface area contributed by atoms with Crippen molar-refractivity contribution < 1.29 is 4.79 Å². The van der Waals surface area contributed by atoms with Crippen LogP contribution < -0.4 is 5.73 Å². The van der Waals surface area contributed by atoms with Gasteiger partial charge < -0.3 is 15.5 Å². The number of piperazine rings is 1. The first-order valence-electron chi connectivity index (χ1n) is 9.71. The minimum Gasteiger partial charge on any atom is -0.382 e. The molecule has 1 aliphatic rings. The van der Waals surface area contributed by atoms with E-state index in [4.69, 9.17) is 10.7 Å². The number of hydrogen-bond donors (Lipinski definition) is 1. The molecule has 3 aromatic heterocycles. The number of amides is 1. The lowest BCUT2D eigenvalue weighted by atomic mass is 10.1. The fourth-order valence-corrected chi connectivity index (χ4v) is 4.22. The van der Waals surface area contributed by atoms with Crippen LogP contribution in [0.1, 0.15) is 10.4 Å². The highest BCUT2D eigenvalue weighted by Crippen LogP contribution is 2.25. The van der Waals surface area contributed by atoms with E-state index in [2.05, 4.69) is 21.9 Å². The number of anilines is 1. The molecule has 1 fully saturated rings. The van der Waals surface area contributed by atoms with Crippen LogP contribution in [0.5, 0.6) is 0 Å². The summed E-state index contributed by atoms with van der Waals surface area (Å²) >= 11 is 1.61. The smallest absolute Gasteiger partial charge is 0.253 e. The van der Waals surface area contributed by atoms with Gasteiger partial charge in [-0.2, -0.15) is 11.3 Å². The molecule has 4 aromatic rings. The summed E-state index contributed by atoms with van der Waals surface area (Å²) in [5.41, 5.74) is 9.85. The van der Waals surface area contributed by atoms with Gasteiger partial charge in [0.25, 0.3) is 5.91 Å². The maximum Gasteiger partial charge on any atom is 0.253 e. The molecule has 8 nitrogen and oxygen atoms in total. The van der Waals surface area contributed by atoms with Gasteiger partial charge in [0.1, 0.15) is 6.33 Å². The summed E-state index contributed by atoms with van der Waals surface area (Å²) < 4.78 is 1.90. The van der Waals surface area contributed by atoms with E-state index in [1.165, 1.54) is 0 Å². The Balaban J connectivity index is 1.45. The molecule has 0 saturated carbocycles. The summed E-state index contributed by atoms with van der Waals surface area (Å²) in [4.78, 5) is 30.4. The minimum absolute atomic E-state index is 0.0565. The van der Waals surface area contributed by atoms with Gasteiger partial charge in [-0.25, -0.2) is 15.0 Å². The molecule has 1 aromatic carbocycles. The van der Waals surface area contributed by atoms with Crippen molar-refractivity contribution in [1.82, 2.24) is 29.3 Å². The van der Waals surface area contributed by atoms with Crippen LogP contribution in [0.15, 0.2) is 47.4 Å². The number of aromatic nitrogens is 4. The number of likely N-dealkylation sites (N-methyl/N-ethyl adjacent to an activating group) is 1. The van der Waals surface area contributed by atoms with Crippen molar-refractivity contribution >= 4 is 34.2 Å². The third-order valence-electron chi connectivity index (χ3n) is 5.39. The molecule has 2 N–H and O–H groups in total. The Labute approximate surface area is 177 Å². The molecular weight excluding hydrogens is 398 g/mol. The number of fused-ring (bicyclic) bond motifs is 1. The van der Waals surface area contributed by atoms with Gasteiger partial charge in [0.05, 0.1) is 5.69 Å². The highest BCUT2D eigenvalue weighted by Gasteiger charge is 2.20. The summed E-state index contributed by atoms with van der Waals surface area (Å²) in [5.74, 6) is 0.901. The molecule has 5 rings (SSSR count). The second kappa shape index (κ2) is 7.51. The molecule has 1 saturated heterocycles. The second-order valence-corrected chi connectivity index (χ2v) is 8.15. The molecular formula is C21H21N7OS. The molecule has 1 aliphatic heterocycles. The van der Waals surface area contributed by atoms with Crippen LogP contribution in [-0.2, 0) is 0 Å². The van der Waals surface area contributed by atoms with Crippen LogP contribution in [0, 0.1) is 0 Å². The van der Waals surface area contributed by atoms with E-state index in [1.54, 1.807) is 17.7 Å². The van der Waals surface area contributed by atoms with Crippen molar-refractivity contribution in [3.8, 4) is 17.1 Å². The molecule has 9 heteroatoms. The zero-order valence-electron chi connectivity index (χ0n) is 16.5. The van der Waals surface area contributed by atoms with E-state index < -0.39 is 0 Å². The SMILES string of the molecule is CN1CCN(C(=O)c2ccc(-c3nc(N)c4ncn(-c5ccsc5)c4n3)cc2)CC1. The highest BCUT2D eigenvalue weighted by atomic mass is 32.1. The van der Waals surface area contributed by atoms with Gasteiger partial charge in [-0.05, 0) is 30.6 Å². The lowest BCUT2D eigenvalue weighted by molar-refractivity contribution is 0.0664. The summed E-state index contributed by atoms with van der Waals surface area (Å²) in [6.45, 7) is 3.30. The Kier molecular flexibility index (Phi) is 4.68. The molecule has 152 valence electrons. The van der Waals surface area contributed by atoms with E-state index in [9.17, 15) is 4.79 Å². The van der Waals surface area contributed by atoms with Crippen molar-refractivity contribution in [1.29, 1.82) is 0 Å². The number of rotatable bonds is 3. The van der Waals surface area contributed by atoms with Crippen LogP contribution in [0.4, 0.5) is 5.82 Å². The Hall–Kier alpha value is -3.30. The summed E-state index contributed by atoms with van der Waals surface area (Å²) in [5, 5.41) is 4.03. The van der Waals surface area contributed by atoms with Gasteiger partial charge >= 0.3 is 0 Å². The molecule has 0 atom stereocenters. The Bertz CT molecular complexity index is 1190. The number of carbonyl (C=O) groups is 1. The molecule has 0 unspecified atom stereocenters. The molecule has 1 amide bonds. The zero-order valence-corrected chi connectivity index (χ0v) is 17.3. The number of imidazole rings is 1. The number of carbonyl (C=O) groups excluding carboxylic acids is 1. The van der Waals surface area contributed by atoms with Gasteiger partial charge in [-0.1, -0.05) is 12.1 Å². The molecule has 0 bridgehead atoms. The predicted molar refractivity (Wildman–Crippen MR) is 118 cm³/mol. The third-order valence-corrected chi connectivity index (χ3v) is 6.06. The Morgan fingerprint density at radius 1 is 1.07 bits per heavy atom. The predicted octanol–water partition coefficient (Wildman–Crippen LogP) is 2.51. The quantitative estimate of drug-likeness (QED) is 0.548. The van der Waals surface area contributed by atoms with E-state index in [1.807, 2.05) is 50.6 Å². The van der Waals surface area contributed by atoms with Crippen molar-refractivity contribution in [2.45, 2.75) is 0 Å². The van der Waals surface area contributed by atoms with Gasteiger partial charge in [-0.15, -0.1) is 0 Å². The molecule has 0 aliphatic carbocycles. The lowest BCUT2D eigenvalue weighted by Gasteiger charge is -2.32. The number of nitrogen functional groups attached to an aromatic ring is 1. The second-order valence-electron chi connectivity index (χ2n) is 7.37. The minimum atomic E-state index is 0.0565. The first-order valence-corrected chi connectivity index (χ1v) is 10.7. The van der Waals surface area contributed by atoms with Crippen molar-refractivity contribution in [2.75, 3.05) is 39.0 Å². The highest BCUT2D eigenvalue weighted by molar-refractivity contribution is 7.08. The van der Waals surface area contributed by atoms with Crippen molar-refractivity contribution in [3.05, 3.63) is 53.0 Å². The van der Waals surface area contributed by atoms with Crippen LogP contribution >= 0.6 is 11.3 Å². The average Bonchev–Trinajstić information content (AvgIpc) is 3.44. The monoisotopic (exact) mass is 419 g/mol. The van der Waals surface area contributed by atoms with Gasteiger partial charge in [-0.3, -0.25) is 9.36 Å².